The summed E-state index contributed by atoms with van der Waals surface area (Å²) in [5, 5.41) is 15.0. The lowest BCUT2D eigenvalue weighted by Gasteiger charge is -2.30. The molecule has 0 saturated heterocycles. The zero-order valence-electron chi connectivity index (χ0n) is 29.7. The molecule has 1 aromatic carbocycles. The summed E-state index contributed by atoms with van der Waals surface area (Å²) >= 11 is 0. The third-order valence-electron chi connectivity index (χ3n) is 8.47. The zero-order valence-corrected chi connectivity index (χ0v) is 30.6. The molecule has 0 bridgehead atoms. The smallest absolute Gasteiger partial charge is 0.339 e. The van der Waals surface area contributed by atoms with E-state index in [0.717, 1.165) is 48.2 Å². The Morgan fingerprint density at radius 1 is 0.938 bits per heavy atom. The molecule has 2 N–H and O–H groups in total. The second-order valence-corrected chi connectivity index (χ2v) is 16.5. The number of aromatic nitrogens is 4. The van der Waals surface area contributed by atoms with Gasteiger partial charge in [0, 0.05) is 29.7 Å². The van der Waals surface area contributed by atoms with Gasteiger partial charge in [-0.05, 0) is 130 Å². The molecule has 3 aromatic rings. The summed E-state index contributed by atoms with van der Waals surface area (Å²) < 4.78 is 34.1. The van der Waals surface area contributed by atoms with Crippen LogP contribution >= 0.6 is 7.82 Å². The van der Waals surface area contributed by atoms with Crippen molar-refractivity contribution in [2.24, 2.45) is 17.8 Å². The Kier molecular flexibility index (Phi) is 10.4. The van der Waals surface area contributed by atoms with Gasteiger partial charge in [-0.15, -0.1) is 0 Å². The van der Waals surface area contributed by atoms with Crippen molar-refractivity contribution in [2.45, 2.75) is 119 Å². The minimum Gasteiger partial charge on any atom is -0.339 e. The molecule has 262 valence electrons. The van der Waals surface area contributed by atoms with E-state index in [4.69, 9.17) is 13.6 Å². The summed E-state index contributed by atoms with van der Waals surface area (Å²) in [6, 6.07) is 8.63. The molecule has 2 heterocycles. The average Bonchev–Trinajstić information content (AvgIpc) is 3.91. The molecule has 2 aromatic heterocycles. The van der Waals surface area contributed by atoms with Crippen molar-refractivity contribution in [3.8, 4) is 11.1 Å². The average molecular weight is 683 g/mol. The molecule has 2 aliphatic carbocycles. The number of phosphoric acid groups is 1. The maximum absolute atomic E-state index is 13.9. The lowest BCUT2D eigenvalue weighted by atomic mass is 9.88. The molecular formula is C35H51N6O6P. The Morgan fingerprint density at radius 3 is 2.04 bits per heavy atom. The summed E-state index contributed by atoms with van der Waals surface area (Å²) in [6.45, 7) is 16.9. The van der Waals surface area contributed by atoms with Crippen LogP contribution in [0.3, 0.4) is 0 Å². The molecule has 0 spiro atoms. The largest absolute Gasteiger partial charge is 0.477 e. The fourth-order valence-corrected chi connectivity index (χ4v) is 8.00. The SMILES string of the molecule is CCn1nccc1C(=O)N[C@H](C(=O)Nc1ccc(-c2c(C)nn(COP(=O)(OC(C)(C)C)OC(C)(C)C)c2C)cc1)C(C1CC1)C1CC1. The second-order valence-electron chi connectivity index (χ2n) is 15.0. The van der Waals surface area contributed by atoms with Gasteiger partial charge in [0.05, 0.1) is 16.9 Å². The summed E-state index contributed by atoms with van der Waals surface area (Å²) in [5.74, 6) is 0.524. The minimum absolute atomic E-state index is 0.113. The van der Waals surface area contributed by atoms with Crippen molar-refractivity contribution >= 4 is 25.3 Å². The topological polar surface area (TPSA) is 139 Å². The van der Waals surface area contributed by atoms with Crippen LogP contribution in [0.5, 0.6) is 0 Å². The molecule has 48 heavy (non-hydrogen) atoms. The van der Waals surface area contributed by atoms with Crippen molar-refractivity contribution in [2.75, 3.05) is 5.32 Å². The van der Waals surface area contributed by atoms with Gasteiger partial charge in [0.2, 0.25) is 5.91 Å². The summed E-state index contributed by atoms with van der Waals surface area (Å²) in [5.41, 5.74) is 2.97. The van der Waals surface area contributed by atoms with Gasteiger partial charge in [-0.1, -0.05) is 12.1 Å². The molecule has 0 aliphatic heterocycles. The minimum atomic E-state index is -3.93. The zero-order chi connectivity index (χ0) is 35.0. The van der Waals surface area contributed by atoms with Crippen molar-refractivity contribution in [1.82, 2.24) is 24.9 Å². The summed E-state index contributed by atoms with van der Waals surface area (Å²) in [7, 11) is -3.93. The van der Waals surface area contributed by atoms with Crippen LogP contribution in [-0.2, 0) is 36.2 Å². The van der Waals surface area contributed by atoms with Crippen LogP contribution in [0.2, 0.25) is 0 Å². The van der Waals surface area contributed by atoms with E-state index in [-0.39, 0.29) is 24.5 Å². The van der Waals surface area contributed by atoms with Crippen LogP contribution in [0, 0.1) is 31.6 Å². The van der Waals surface area contributed by atoms with Crippen molar-refractivity contribution < 1.29 is 27.7 Å². The van der Waals surface area contributed by atoms with Crippen LogP contribution in [0.25, 0.3) is 11.1 Å². The summed E-state index contributed by atoms with van der Waals surface area (Å²) in [4.78, 5) is 27.2. The Morgan fingerprint density at radius 2 is 1.52 bits per heavy atom. The van der Waals surface area contributed by atoms with Crippen LogP contribution in [0.15, 0.2) is 36.5 Å². The van der Waals surface area contributed by atoms with E-state index in [9.17, 15) is 14.2 Å². The molecule has 0 unspecified atom stereocenters. The number of nitrogens with one attached hydrogen (secondary N) is 2. The van der Waals surface area contributed by atoms with Crippen LogP contribution < -0.4 is 10.6 Å². The van der Waals surface area contributed by atoms with Crippen LogP contribution in [0.4, 0.5) is 5.69 Å². The molecule has 0 radical (unpaired) electrons. The van der Waals surface area contributed by atoms with Gasteiger partial charge < -0.3 is 10.6 Å². The van der Waals surface area contributed by atoms with Crippen molar-refractivity contribution in [3.05, 3.63) is 53.6 Å². The van der Waals surface area contributed by atoms with E-state index >= 15 is 0 Å². The Labute approximate surface area is 283 Å². The number of carbonyl (C=O) groups is 2. The highest BCUT2D eigenvalue weighted by Crippen LogP contribution is 2.56. The number of hydrogen-bond acceptors (Lipinski definition) is 8. The third kappa shape index (κ3) is 9.02. The number of benzene rings is 1. The summed E-state index contributed by atoms with van der Waals surface area (Å²) in [6.07, 6.45) is 5.96. The number of hydrogen-bond donors (Lipinski definition) is 2. The first-order chi connectivity index (χ1) is 22.5. The molecule has 13 heteroatoms. The highest BCUT2D eigenvalue weighted by atomic mass is 31.2. The lowest BCUT2D eigenvalue weighted by molar-refractivity contribution is -0.119. The highest BCUT2D eigenvalue weighted by Gasteiger charge is 2.48. The molecule has 2 amide bonds. The predicted octanol–water partition coefficient (Wildman–Crippen LogP) is 7.27. The third-order valence-corrected chi connectivity index (χ3v) is 10.4. The van der Waals surface area contributed by atoms with E-state index in [0.29, 0.717) is 29.8 Å². The second kappa shape index (κ2) is 13.9. The fraction of sp³-hybridized carbons (Fsp3) is 0.600. The maximum atomic E-state index is 13.9. The molecule has 2 saturated carbocycles. The number of anilines is 1. The number of carbonyl (C=O) groups excluding carboxylic acids is 2. The molecular weight excluding hydrogens is 631 g/mol. The number of nitrogens with zero attached hydrogens (tertiary/aromatic N) is 4. The Balaban J connectivity index is 1.30. The molecule has 2 fully saturated rings. The first kappa shape index (κ1) is 36.0. The van der Waals surface area contributed by atoms with Crippen LogP contribution in [0.1, 0.15) is 96.0 Å². The first-order valence-electron chi connectivity index (χ1n) is 16.9. The van der Waals surface area contributed by atoms with E-state index < -0.39 is 25.1 Å². The number of rotatable bonds is 14. The van der Waals surface area contributed by atoms with Gasteiger partial charge in [0.1, 0.15) is 11.7 Å². The predicted molar refractivity (Wildman–Crippen MR) is 184 cm³/mol. The highest BCUT2D eigenvalue weighted by molar-refractivity contribution is 7.48. The Hall–Kier alpha value is -3.31. The number of amides is 2. The molecule has 12 nitrogen and oxygen atoms in total. The van der Waals surface area contributed by atoms with Gasteiger partial charge in [0.25, 0.3) is 5.91 Å². The maximum Gasteiger partial charge on any atom is 0.477 e. The van der Waals surface area contributed by atoms with Gasteiger partial charge in [-0.2, -0.15) is 10.2 Å². The molecule has 1 atom stereocenters. The van der Waals surface area contributed by atoms with Gasteiger partial charge >= 0.3 is 7.82 Å². The van der Waals surface area contributed by atoms with E-state index in [1.807, 2.05) is 45.0 Å². The first-order valence-corrected chi connectivity index (χ1v) is 18.4. The van der Waals surface area contributed by atoms with Crippen LogP contribution in [-0.4, -0.2) is 48.6 Å². The number of phosphoric ester groups is 1. The van der Waals surface area contributed by atoms with Gasteiger partial charge in [-0.3, -0.25) is 27.8 Å². The number of aryl methyl sites for hydroxylation is 2. The Bertz CT molecular complexity index is 1630. The quantitative estimate of drug-likeness (QED) is 0.169. The monoisotopic (exact) mass is 682 g/mol. The lowest BCUT2D eigenvalue weighted by Crippen LogP contribution is -2.50. The molecule has 5 rings (SSSR count). The van der Waals surface area contributed by atoms with E-state index in [1.165, 1.54) is 0 Å². The van der Waals surface area contributed by atoms with Gasteiger partial charge in [-0.25, -0.2) is 9.25 Å². The standard InChI is InChI=1S/C35H51N6O6P/c1-10-40-28(19-20-36-40)32(42)38-31(30(25-11-12-25)26-13-14-26)33(43)37-27-17-15-24(16-18-27)29-22(2)39-41(23(29)3)21-45-48(44,46-34(4,5)6)47-35(7,8)9/h15-20,25-26,30-31H,10-14,21H2,1-9H3,(H,37,43)(H,38,42)/t31-/m0/s1. The van der Waals surface area contributed by atoms with E-state index in [1.54, 1.807) is 63.2 Å². The normalized spacial score (nSPS) is 16.3. The van der Waals surface area contributed by atoms with E-state index in [2.05, 4.69) is 20.8 Å². The van der Waals surface area contributed by atoms with Crippen molar-refractivity contribution in [3.63, 3.8) is 0 Å². The van der Waals surface area contributed by atoms with Crippen molar-refractivity contribution in [1.29, 1.82) is 0 Å². The fourth-order valence-electron chi connectivity index (χ4n) is 6.27. The molecule has 2 aliphatic rings. The van der Waals surface area contributed by atoms with Gasteiger partial charge in [0.15, 0.2) is 6.73 Å².